The molecule has 0 aliphatic heterocycles. The van der Waals surface area contributed by atoms with Crippen molar-refractivity contribution < 1.29 is 9.84 Å². The number of benzene rings is 1. The van der Waals surface area contributed by atoms with Crippen LogP contribution >= 0.6 is 0 Å². The molecule has 0 saturated heterocycles. The van der Waals surface area contributed by atoms with Crippen molar-refractivity contribution in [1.82, 2.24) is 4.98 Å². The fraction of sp³-hybridized carbons (Fsp3) is 0.471. The Bertz CT molecular complexity index is 570. The zero-order chi connectivity index (χ0) is 14.6. The van der Waals surface area contributed by atoms with Gasteiger partial charge in [-0.05, 0) is 32.4 Å². The highest BCUT2D eigenvalue weighted by molar-refractivity contribution is 5.78. The molecule has 0 saturated carbocycles. The molecular formula is C17H23NO2. The number of aliphatic hydroxyl groups excluding tert-OH is 1. The Hall–Kier alpha value is -1.45. The van der Waals surface area contributed by atoms with Crippen molar-refractivity contribution in [3.63, 3.8) is 0 Å². The number of pyridine rings is 1. The zero-order valence-corrected chi connectivity index (χ0v) is 12.5. The van der Waals surface area contributed by atoms with Gasteiger partial charge in [-0.15, -0.1) is 0 Å². The van der Waals surface area contributed by atoms with Crippen LogP contribution in [0, 0.1) is 0 Å². The number of hydrogen-bond donors (Lipinski definition) is 1. The first-order valence-corrected chi connectivity index (χ1v) is 7.25. The van der Waals surface area contributed by atoms with Crippen molar-refractivity contribution in [3.8, 4) is 0 Å². The van der Waals surface area contributed by atoms with Gasteiger partial charge in [0.05, 0.1) is 17.2 Å². The van der Waals surface area contributed by atoms with E-state index in [1.165, 1.54) is 0 Å². The van der Waals surface area contributed by atoms with Gasteiger partial charge in [-0.25, -0.2) is 0 Å². The number of aromatic nitrogens is 1. The third kappa shape index (κ3) is 3.17. The zero-order valence-electron chi connectivity index (χ0n) is 12.5. The number of rotatable bonds is 6. The molecule has 3 nitrogen and oxygen atoms in total. The number of hydrogen-bond acceptors (Lipinski definition) is 3. The lowest BCUT2D eigenvalue weighted by Crippen LogP contribution is -2.43. The van der Waals surface area contributed by atoms with Gasteiger partial charge in [0.25, 0.3) is 0 Å². The maximum absolute atomic E-state index is 10.5. The van der Waals surface area contributed by atoms with Crippen molar-refractivity contribution in [2.24, 2.45) is 0 Å². The average molecular weight is 273 g/mol. The van der Waals surface area contributed by atoms with E-state index in [-0.39, 0.29) is 0 Å². The van der Waals surface area contributed by atoms with Crippen molar-refractivity contribution in [3.05, 3.63) is 42.1 Å². The highest BCUT2D eigenvalue weighted by Crippen LogP contribution is 2.23. The van der Waals surface area contributed by atoms with Crippen molar-refractivity contribution in [1.29, 1.82) is 0 Å². The molecule has 3 heteroatoms. The maximum atomic E-state index is 10.5. The molecule has 0 aliphatic rings. The molecule has 1 heterocycles. The van der Waals surface area contributed by atoms with Gasteiger partial charge in [0.1, 0.15) is 0 Å². The molecule has 0 bridgehead atoms. The molecular weight excluding hydrogens is 250 g/mol. The van der Waals surface area contributed by atoms with E-state index in [0.29, 0.717) is 13.0 Å². The van der Waals surface area contributed by atoms with Crippen LogP contribution in [0.5, 0.6) is 0 Å². The second-order valence-electron chi connectivity index (χ2n) is 5.31. The van der Waals surface area contributed by atoms with E-state index in [4.69, 9.17) is 4.74 Å². The highest BCUT2D eigenvalue weighted by Gasteiger charge is 2.32. The standard InChI is InChI=1S/C17H23NO2/c1-4-17(3,20-5-2)16(19)12-14-11-10-13-8-6-7-9-15(13)18-14/h6-11,16,19H,4-5,12H2,1-3H3. The lowest BCUT2D eigenvalue weighted by atomic mass is 9.92. The van der Waals surface area contributed by atoms with Gasteiger partial charge in [0, 0.05) is 24.1 Å². The molecule has 0 spiro atoms. The maximum Gasteiger partial charge on any atom is 0.0913 e. The van der Waals surface area contributed by atoms with Crippen LogP contribution in [0.2, 0.25) is 0 Å². The number of ether oxygens (including phenoxy) is 1. The molecule has 2 rings (SSSR count). The minimum Gasteiger partial charge on any atom is -0.390 e. The summed E-state index contributed by atoms with van der Waals surface area (Å²) in [4.78, 5) is 4.61. The van der Waals surface area contributed by atoms with Crippen LogP contribution in [0.25, 0.3) is 10.9 Å². The molecule has 1 aromatic carbocycles. The topological polar surface area (TPSA) is 42.4 Å². The summed E-state index contributed by atoms with van der Waals surface area (Å²) in [6.07, 6.45) is 0.728. The number of aliphatic hydroxyl groups is 1. The van der Waals surface area contributed by atoms with E-state index in [1.807, 2.05) is 57.2 Å². The third-order valence-electron chi connectivity index (χ3n) is 3.94. The normalized spacial score (nSPS) is 16.0. The number of fused-ring (bicyclic) bond motifs is 1. The fourth-order valence-corrected chi connectivity index (χ4v) is 2.40. The van der Waals surface area contributed by atoms with E-state index in [0.717, 1.165) is 23.0 Å². The summed E-state index contributed by atoms with van der Waals surface area (Å²) < 4.78 is 5.72. The highest BCUT2D eigenvalue weighted by atomic mass is 16.5. The lowest BCUT2D eigenvalue weighted by Gasteiger charge is -2.33. The summed E-state index contributed by atoms with van der Waals surface area (Å²) in [7, 11) is 0. The Balaban J connectivity index is 2.18. The summed E-state index contributed by atoms with van der Waals surface area (Å²) in [5.41, 5.74) is 1.35. The van der Waals surface area contributed by atoms with E-state index >= 15 is 0 Å². The van der Waals surface area contributed by atoms with Crippen LogP contribution in [0.1, 0.15) is 32.9 Å². The molecule has 1 aromatic heterocycles. The van der Waals surface area contributed by atoms with E-state index in [2.05, 4.69) is 4.98 Å². The molecule has 0 fully saturated rings. The predicted octanol–water partition coefficient (Wildman–Crippen LogP) is 3.34. The monoisotopic (exact) mass is 273 g/mol. The molecule has 2 atom stereocenters. The van der Waals surface area contributed by atoms with E-state index in [1.54, 1.807) is 0 Å². The molecule has 0 amide bonds. The SMILES string of the molecule is CCOC(C)(CC)C(O)Cc1ccc2ccccc2n1. The van der Waals surface area contributed by atoms with Crippen molar-refractivity contribution in [2.75, 3.05) is 6.61 Å². The molecule has 20 heavy (non-hydrogen) atoms. The molecule has 1 N–H and O–H groups in total. The van der Waals surface area contributed by atoms with Crippen LogP contribution in [0.3, 0.4) is 0 Å². The molecule has 0 radical (unpaired) electrons. The Morgan fingerprint density at radius 1 is 1.20 bits per heavy atom. The Labute approximate surface area is 120 Å². The largest absolute Gasteiger partial charge is 0.390 e. The first kappa shape index (κ1) is 14.9. The summed E-state index contributed by atoms with van der Waals surface area (Å²) in [5.74, 6) is 0. The Morgan fingerprint density at radius 2 is 1.95 bits per heavy atom. The van der Waals surface area contributed by atoms with Gasteiger partial charge in [-0.2, -0.15) is 0 Å². The molecule has 2 unspecified atom stereocenters. The quantitative estimate of drug-likeness (QED) is 0.877. The molecule has 108 valence electrons. The lowest BCUT2D eigenvalue weighted by molar-refractivity contribution is -0.110. The second-order valence-corrected chi connectivity index (χ2v) is 5.31. The number of nitrogens with zero attached hydrogens (tertiary/aromatic N) is 1. The van der Waals surface area contributed by atoms with Gasteiger partial charge in [0.15, 0.2) is 0 Å². The first-order valence-electron chi connectivity index (χ1n) is 7.25. The smallest absolute Gasteiger partial charge is 0.0913 e. The Morgan fingerprint density at radius 3 is 2.65 bits per heavy atom. The predicted molar refractivity (Wildman–Crippen MR) is 81.8 cm³/mol. The molecule has 0 aliphatic carbocycles. The second kappa shape index (κ2) is 6.33. The van der Waals surface area contributed by atoms with E-state index < -0.39 is 11.7 Å². The van der Waals surface area contributed by atoms with Crippen molar-refractivity contribution in [2.45, 2.75) is 45.3 Å². The molecule has 2 aromatic rings. The minimum atomic E-state index is -0.555. The van der Waals surface area contributed by atoms with Gasteiger partial charge >= 0.3 is 0 Å². The van der Waals surface area contributed by atoms with Gasteiger partial charge in [-0.1, -0.05) is 31.2 Å². The summed E-state index contributed by atoms with van der Waals surface area (Å²) >= 11 is 0. The van der Waals surface area contributed by atoms with E-state index in [9.17, 15) is 5.11 Å². The first-order chi connectivity index (χ1) is 9.59. The average Bonchev–Trinajstić information content (AvgIpc) is 2.47. The van der Waals surface area contributed by atoms with Gasteiger partial charge in [0.2, 0.25) is 0 Å². The van der Waals surface area contributed by atoms with Crippen LogP contribution in [-0.4, -0.2) is 28.4 Å². The third-order valence-corrected chi connectivity index (χ3v) is 3.94. The van der Waals surface area contributed by atoms with Crippen LogP contribution in [-0.2, 0) is 11.2 Å². The summed E-state index contributed by atoms with van der Waals surface area (Å²) in [6.45, 7) is 6.55. The summed E-state index contributed by atoms with van der Waals surface area (Å²) in [6, 6.07) is 12.0. The van der Waals surface area contributed by atoms with Crippen LogP contribution < -0.4 is 0 Å². The van der Waals surface area contributed by atoms with Crippen LogP contribution in [0.4, 0.5) is 0 Å². The van der Waals surface area contributed by atoms with Crippen molar-refractivity contribution >= 4 is 10.9 Å². The van der Waals surface area contributed by atoms with Gasteiger partial charge in [-0.3, -0.25) is 4.98 Å². The number of para-hydroxylation sites is 1. The van der Waals surface area contributed by atoms with Crippen LogP contribution in [0.15, 0.2) is 36.4 Å². The Kier molecular flexibility index (Phi) is 4.73. The minimum absolute atomic E-state index is 0.509. The summed E-state index contributed by atoms with van der Waals surface area (Å²) in [5, 5.41) is 11.6. The fourth-order valence-electron chi connectivity index (χ4n) is 2.40. The van der Waals surface area contributed by atoms with Gasteiger partial charge < -0.3 is 9.84 Å².